The van der Waals surface area contributed by atoms with Crippen LogP contribution in [0.2, 0.25) is 0 Å². The minimum atomic E-state index is -0.478. The van der Waals surface area contributed by atoms with Gasteiger partial charge in [-0.1, -0.05) is 12.1 Å². The molecule has 7 heteroatoms. The third kappa shape index (κ3) is 4.01. The number of hydrogen-bond donors (Lipinski definition) is 2. The third-order valence-electron chi connectivity index (χ3n) is 3.63. The van der Waals surface area contributed by atoms with E-state index in [1.165, 1.54) is 12.3 Å². The number of phenolic OH excluding ortho intramolecular Hbond substituents is 1. The number of aromatic hydroxyl groups is 1. The normalized spacial score (nSPS) is 10.8. The Morgan fingerprint density at radius 1 is 1.25 bits per heavy atom. The van der Waals surface area contributed by atoms with Crippen LogP contribution in [0, 0.1) is 10.1 Å². The highest BCUT2D eigenvalue weighted by atomic mass is 16.6. The minimum Gasteiger partial charge on any atom is -0.507 e. The summed E-state index contributed by atoms with van der Waals surface area (Å²) in [7, 11) is 0. The molecule has 0 aliphatic rings. The molecule has 2 aromatic carbocycles. The van der Waals surface area contributed by atoms with Crippen LogP contribution < -0.4 is 10.3 Å². The predicted octanol–water partition coefficient (Wildman–Crippen LogP) is 3.59. The van der Waals surface area contributed by atoms with Crippen molar-refractivity contribution in [1.82, 2.24) is 0 Å². The highest BCUT2D eigenvalue weighted by Crippen LogP contribution is 2.25. The Kier molecular flexibility index (Phi) is 5.73. The maximum Gasteiger partial charge on any atom is 0.294 e. The van der Waals surface area contributed by atoms with E-state index in [-0.39, 0.29) is 17.1 Å². The van der Waals surface area contributed by atoms with Crippen molar-refractivity contribution in [2.75, 3.05) is 23.4 Å². The van der Waals surface area contributed by atoms with E-state index in [4.69, 9.17) is 0 Å². The van der Waals surface area contributed by atoms with Crippen molar-refractivity contribution in [3.63, 3.8) is 0 Å². The second-order valence-corrected chi connectivity index (χ2v) is 5.06. The summed E-state index contributed by atoms with van der Waals surface area (Å²) in [6.45, 7) is 5.80. The fourth-order valence-corrected chi connectivity index (χ4v) is 2.33. The summed E-state index contributed by atoms with van der Waals surface area (Å²) in [6, 6.07) is 11.6. The first-order valence-corrected chi connectivity index (χ1v) is 7.67. The van der Waals surface area contributed by atoms with E-state index >= 15 is 0 Å². The molecule has 2 N–H and O–H groups in total. The van der Waals surface area contributed by atoms with Gasteiger partial charge < -0.3 is 10.0 Å². The second kappa shape index (κ2) is 7.96. The zero-order valence-electron chi connectivity index (χ0n) is 13.6. The lowest BCUT2D eigenvalue weighted by Gasteiger charge is -2.21. The quantitative estimate of drug-likeness (QED) is 0.460. The molecule has 2 aromatic rings. The van der Waals surface area contributed by atoms with Gasteiger partial charge in [0.1, 0.15) is 11.4 Å². The van der Waals surface area contributed by atoms with Gasteiger partial charge in [0.25, 0.3) is 5.69 Å². The molecule has 7 nitrogen and oxygen atoms in total. The number of benzene rings is 2. The standard InChI is InChI=1S/C17H20N4O3/c1-3-20(4-2)14-10-9-13(17(22)11-14)12-18-19-15-7-5-6-8-16(15)21(23)24/h5-12,19,22H,3-4H2,1-2H3/b18-12+. The summed E-state index contributed by atoms with van der Waals surface area (Å²) in [5.41, 5.74) is 4.32. The molecule has 126 valence electrons. The molecule has 0 aliphatic heterocycles. The van der Waals surface area contributed by atoms with Gasteiger partial charge in [0.15, 0.2) is 0 Å². The van der Waals surface area contributed by atoms with Crippen molar-refractivity contribution in [2.24, 2.45) is 5.10 Å². The number of anilines is 2. The largest absolute Gasteiger partial charge is 0.507 e. The van der Waals surface area contributed by atoms with E-state index in [1.54, 1.807) is 30.3 Å². The summed E-state index contributed by atoms with van der Waals surface area (Å²) in [4.78, 5) is 12.6. The third-order valence-corrected chi connectivity index (χ3v) is 3.63. The van der Waals surface area contributed by atoms with Crippen LogP contribution in [0.4, 0.5) is 17.1 Å². The van der Waals surface area contributed by atoms with Crippen LogP contribution in [0.5, 0.6) is 5.75 Å². The number of hydrazone groups is 1. The van der Waals surface area contributed by atoms with Crippen molar-refractivity contribution < 1.29 is 10.0 Å². The second-order valence-electron chi connectivity index (χ2n) is 5.06. The Hall–Kier alpha value is -3.09. The van der Waals surface area contributed by atoms with Gasteiger partial charge in [-0.2, -0.15) is 5.10 Å². The number of nitro groups is 1. The van der Waals surface area contributed by atoms with E-state index < -0.39 is 4.92 Å². The average molecular weight is 328 g/mol. The number of phenols is 1. The Balaban J connectivity index is 2.14. The van der Waals surface area contributed by atoms with Gasteiger partial charge in [-0.25, -0.2) is 0 Å². The molecule has 0 bridgehead atoms. The zero-order valence-corrected chi connectivity index (χ0v) is 13.6. The number of para-hydroxylation sites is 2. The molecular formula is C17H20N4O3. The number of nitrogens with zero attached hydrogens (tertiary/aromatic N) is 3. The van der Waals surface area contributed by atoms with Gasteiger partial charge in [0.05, 0.1) is 11.1 Å². The van der Waals surface area contributed by atoms with Crippen molar-refractivity contribution >= 4 is 23.3 Å². The summed E-state index contributed by atoms with van der Waals surface area (Å²) < 4.78 is 0. The predicted molar refractivity (Wildman–Crippen MR) is 96.0 cm³/mol. The van der Waals surface area contributed by atoms with E-state index in [0.29, 0.717) is 5.56 Å². The first-order valence-electron chi connectivity index (χ1n) is 7.67. The maximum absolute atomic E-state index is 10.9. The molecule has 24 heavy (non-hydrogen) atoms. The SMILES string of the molecule is CCN(CC)c1ccc(/C=N/Nc2ccccc2[N+](=O)[O-])c(O)c1. The van der Waals surface area contributed by atoms with E-state index in [2.05, 4.69) is 15.4 Å². The van der Waals surface area contributed by atoms with E-state index in [0.717, 1.165) is 18.8 Å². The molecule has 0 heterocycles. The van der Waals surface area contributed by atoms with Gasteiger partial charge in [0, 0.05) is 36.5 Å². The number of rotatable bonds is 7. The van der Waals surface area contributed by atoms with Gasteiger partial charge >= 0.3 is 0 Å². The zero-order chi connectivity index (χ0) is 17.5. The molecule has 0 spiro atoms. The summed E-state index contributed by atoms with van der Waals surface area (Å²) >= 11 is 0. The molecule has 0 saturated carbocycles. The molecule has 0 unspecified atom stereocenters. The molecule has 2 rings (SSSR count). The smallest absolute Gasteiger partial charge is 0.294 e. The van der Waals surface area contributed by atoms with Crippen LogP contribution in [0.25, 0.3) is 0 Å². The minimum absolute atomic E-state index is 0.0595. The van der Waals surface area contributed by atoms with E-state index in [9.17, 15) is 15.2 Å². The fourth-order valence-electron chi connectivity index (χ4n) is 2.33. The highest BCUT2D eigenvalue weighted by molar-refractivity contribution is 5.85. The summed E-state index contributed by atoms with van der Waals surface area (Å²) in [5.74, 6) is 0.104. The lowest BCUT2D eigenvalue weighted by atomic mass is 10.2. The van der Waals surface area contributed by atoms with Crippen LogP contribution >= 0.6 is 0 Å². The lowest BCUT2D eigenvalue weighted by Crippen LogP contribution is -2.21. The Morgan fingerprint density at radius 3 is 2.58 bits per heavy atom. The van der Waals surface area contributed by atoms with Crippen LogP contribution in [0.15, 0.2) is 47.6 Å². The highest BCUT2D eigenvalue weighted by Gasteiger charge is 2.11. The van der Waals surface area contributed by atoms with Gasteiger partial charge in [-0.05, 0) is 32.0 Å². The van der Waals surface area contributed by atoms with E-state index in [1.807, 2.05) is 19.9 Å². The first kappa shape index (κ1) is 17.3. The van der Waals surface area contributed by atoms with Crippen LogP contribution in [0.3, 0.4) is 0 Å². The van der Waals surface area contributed by atoms with Crippen LogP contribution in [-0.2, 0) is 0 Å². The fraction of sp³-hybridized carbons (Fsp3) is 0.235. The van der Waals surface area contributed by atoms with Crippen LogP contribution in [0.1, 0.15) is 19.4 Å². The summed E-state index contributed by atoms with van der Waals surface area (Å²) in [6.07, 6.45) is 1.43. The molecule has 0 amide bonds. The molecule has 0 aromatic heterocycles. The van der Waals surface area contributed by atoms with Crippen LogP contribution in [-0.4, -0.2) is 29.3 Å². The van der Waals surface area contributed by atoms with Crippen molar-refractivity contribution in [1.29, 1.82) is 0 Å². The topological polar surface area (TPSA) is 91.0 Å². The maximum atomic E-state index is 10.9. The number of nitrogens with one attached hydrogen (secondary N) is 1. The van der Waals surface area contributed by atoms with Gasteiger partial charge in [-0.3, -0.25) is 15.5 Å². The number of nitro benzene ring substituents is 1. The van der Waals surface area contributed by atoms with Crippen molar-refractivity contribution in [2.45, 2.75) is 13.8 Å². The monoisotopic (exact) mass is 328 g/mol. The van der Waals surface area contributed by atoms with Gasteiger partial charge in [0.2, 0.25) is 0 Å². The number of hydrogen-bond acceptors (Lipinski definition) is 6. The molecular weight excluding hydrogens is 308 g/mol. The molecule has 0 radical (unpaired) electrons. The molecule has 0 saturated heterocycles. The lowest BCUT2D eigenvalue weighted by molar-refractivity contribution is -0.384. The Bertz CT molecular complexity index is 742. The Labute approximate surface area is 140 Å². The first-order chi connectivity index (χ1) is 11.6. The Morgan fingerprint density at radius 2 is 1.96 bits per heavy atom. The van der Waals surface area contributed by atoms with Crippen molar-refractivity contribution in [3.05, 3.63) is 58.1 Å². The molecule has 0 fully saturated rings. The molecule has 0 aliphatic carbocycles. The van der Waals surface area contributed by atoms with Gasteiger partial charge in [-0.15, -0.1) is 0 Å². The average Bonchev–Trinajstić information content (AvgIpc) is 2.58. The molecule has 0 atom stereocenters. The summed E-state index contributed by atoms with van der Waals surface area (Å²) in [5, 5.41) is 25.0. The van der Waals surface area contributed by atoms with Crippen molar-refractivity contribution in [3.8, 4) is 5.75 Å².